The molecule has 1 heterocycles. The van der Waals surface area contributed by atoms with Gasteiger partial charge in [0.05, 0.1) is 4.90 Å². The van der Waals surface area contributed by atoms with Gasteiger partial charge in [-0.25, -0.2) is 17.5 Å². The Labute approximate surface area is 152 Å². The van der Waals surface area contributed by atoms with Crippen molar-refractivity contribution in [1.82, 2.24) is 9.62 Å². The van der Waals surface area contributed by atoms with Gasteiger partial charge in [0.15, 0.2) is 0 Å². The Kier molecular flexibility index (Phi) is 5.68. The first kappa shape index (κ1) is 18.5. The molecule has 1 N–H and O–H groups in total. The van der Waals surface area contributed by atoms with E-state index >= 15 is 0 Å². The van der Waals surface area contributed by atoms with E-state index in [1.807, 2.05) is 30.3 Å². The van der Waals surface area contributed by atoms with Crippen LogP contribution in [-0.2, 0) is 21.2 Å². The predicted molar refractivity (Wildman–Crippen MR) is 96.4 cm³/mol. The molecule has 1 aliphatic heterocycles. The number of halogens is 1. The van der Waals surface area contributed by atoms with Gasteiger partial charge in [-0.3, -0.25) is 4.79 Å². The predicted octanol–water partition coefficient (Wildman–Crippen LogP) is 2.20. The maximum atomic E-state index is 12.9. The molecule has 3 rings (SSSR count). The van der Waals surface area contributed by atoms with Crippen molar-refractivity contribution in [2.75, 3.05) is 19.6 Å². The summed E-state index contributed by atoms with van der Waals surface area (Å²) in [6, 6.07) is 14.6. The molecule has 26 heavy (non-hydrogen) atoms. The number of sulfonamides is 1. The van der Waals surface area contributed by atoms with Gasteiger partial charge in [-0.1, -0.05) is 30.3 Å². The molecule has 0 bridgehead atoms. The molecule has 1 aliphatic rings. The number of amides is 1. The van der Waals surface area contributed by atoms with E-state index in [-0.39, 0.29) is 23.3 Å². The number of likely N-dealkylation sites (tertiary alicyclic amines) is 1. The van der Waals surface area contributed by atoms with Crippen LogP contribution in [0.15, 0.2) is 59.5 Å². The number of hydrogen-bond donors (Lipinski definition) is 1. The normalized spacial score (nSPS) is 17.7. The highest BCUT2D eigenvalue weighted by Gasteiger charge is 2.30. The Morgan fingerprint density at radius 3 is 2.46 bits per heavy atom. The summed E-state index contributed by atoms with van der Waals surface area (Å²) in [7, 11) is -3.70. The van der Waals surface area contributed by atoms with Crippen molar-refractivity contribution in [2.24, 2.45) is 5.92 Å². The van der Waals surface area contributed by atoms with Crippen LogP contribution in [0.4, 0.5) is 4.39 Å². The average Bonchev–Trinajstić information content (AvgIpc) is 2.99. The van der Waals surface area contributed by atoms with Crippen LogP contribution in [0.25, 0.3) is 0 Å². The van der Waals surface area contributed by atoms with Gasteiger partial charge >= 0.3 is 0 Å². The van der Waals surface area contributed by atoms with Crippen molar-refractivity contribution in [3.8, 4) is 0 Å². The molecular weight excluding hydrogens is 355 g/mol. The van der Waals surface area contributed by atoms with Crippen LogP contribution < -0.4 is 4.72 Å². The Balaban J connectivity index is 1.51. The minimum Gasteiger partial charge on any atom is -0.342 e. The van der Waals surface area contributed by atoms with Gasteiger partial charge in [-0.05, 0) is 42.2 Å². The van der Waals surface area contributed by atoms with E-state index in [9.17, 15) is 17.6 Å². The zero-order valence-corrected chi connectivity index (χ0v) is 15.1. The van der Waals surface area contributed by atoms with Gasteiger partial charge in [0.25, 0.3) is 0 Å². The van der Waals surface area contributed by atoms with Crippen molar-refractivity contribution in [2.45, 2.75) is 17.7 Å². The summed E-state index contributed by atoms with van der Waals surface area (Å²) in [4.78, 5) is 13.9. The van der Waals surface area contributed by atoms with Gasteiger partial charge in [0.2, 0.25) is 15.9 Å². The van der Waals surface area contributed by atoms with Crippen molar-refractivity contribution < 1.29 is 17.6 Å². The second-order valence-electron chi connectivity index (χ2n) is 6.45. The van der Waals surface area contributed by atoms with Gasteiger partial charge in [0.1, 0.15) is 5.82 Å². The second-order valence-corrected chi connectivity index (χ2v) is 8.22. The van der Waals surface area contributed by atoms with E-state index in [1.165, 1.54) is 17.7 Å². The van der Waals surface area contributed by atoms with E-state index in [1.54, 1.807) is 4.90 Å². The summed E-state index contributed by atoms with van der Waals surface area (Å²) in [5.41, 5.74) is 1.17. The van der Waals surface area contributed by atoms with E-state index in [0.29, 0.717) is 19.5 Å². The van der Waals surface area contributed by atoms with E-state index in [0.717, 1.165) is 18.6 Å². The van der Waals surface area contributed by atoms with Gasteiger partial charge in [-0.15, -0.1) is 0 Å². The van der Waals surface area contributed by atoms with Crippen molar-refractivity contribution in [3.63, 3.8) is 0 Å². The lowest BCUT2D eigenvalue weighted by Crippen LogP contribution is -2.32. The van der Waals surface area contributed by atoms with E-state index < -0.39 is 15.8 Å². The van der Waals surface area contributed by atoms with Crippen LogP contribution in [-0.4, -0.2) is 38.9 Å². The third-order valence-electron chi connectivity index (χ3n) is 4.49. The van der Waals surface area contributed by atoms with Crippen LogP contribution in [0.1, 0.15) is 12.0 Å². The average molecular weight is 376 g/mol. The molecule has 2 aromatic carbocycles. The number of carbonyl (C=O) groups excluding carboxylic acids is 1. The summed E-state index contributed by atoms with van der Waals surface area (Å²) < 4.78 is 39.9. The first-order valence-electron chi connectivity index (χ1n) is 8.51. The van der Waals surface area contributed by atoms with Crippen molar-refractivity contribution >= 4 is 15.9 Å². The van der Waals surface area contributed by atoms with Crippen LogP contribution >= 0.6 is 0 Å². The minimum atomic E-state index is -3.70. The lowest BCUT2D eigenvalue weighted by atomic mass is 10.1. The molecule has 0 aliphatic carbocycles. The third-order valence-corrected chi connectivity index (χ3v) is 5.93. The highest BCUT2D eigenvalue weighted by molar-refractivity contribution is 7.89. The summed E-state index contributed by atoms with van der Waals surface area (Å²) >= 11 is 0. The minimum absolute atomic E-state index is 0.0177. The molecule has 2 aromatic rings. The molecule has 1 fully saturated rings. The first-order chi connectivity index (χ1) is 12.4. The summed E-state index contributed by atoms with van der Waals surface area (Å²) in [6.07, 6.45) is 1.11. The smallest absolute Gasteiger partial charge is 0.240 e. The zero-order valence-electron chi connectivity index (χ0n) is 14.3. The molecule has 1 saturated heterocycles. The first-order valence-corrected chi connectivity index (χ1v) is 9.99. The topological polar surface area (TPSA) is 66.5 Å². The largest absolute Gasteiger partial charge is 0.342 e. The van der Waals surface area contributed by atoms with E-state index in [2.05, 4.69) is 4.72 Å². The Bertz CT molecular complexity index is 854. The fourth-order valence-corrected chi connectivity index (χ4v) is 4.16. The molecule has 0 aromatic heterocycles. The SMILES string of the molecule is O=C1CC(CNS(=O)(=O)c2ccc(F)cc2)CN1CCc1ccccc1. The number of carbonyl (C=O) groups is 1. The number of rotatable bonds is 7. The molecule has 0 saturated carbocycles. The molecule has 138 valence electrons. The lowest BCUT2D eigenvalue weighted by molar-refractivity contribution is -0.127. The van der Waals surface area contributed by atoms with Crippen LogP contribution in [0.3, 0.4) is 0 Å². The standard InChI is InChI=1S/C19H21FN2O3S/c20-17-6-8-18(9-7-17)26(24,25)21-13-16-12-19(23)22(14-16)11-10-15-4-2-1-3-5-15/h1-9,16,21H,10-14H2. The molecule has 0 spiro atoms. The third kappa shape index (κ3) is 4.68. The molecule has 0 radical (unpaired) electrons. The lowest BCUT2D eigenvalue weighted by Gasteiger charge is -2.17. The molecule has 1 unspecified atom stereocenters. The van der Waals surface area contributed by atoms with Crippen LogP contribution in [0.5, 0.6) is 0 Å². The molecular formula is C19H21FN2O3S. The highest BCUT2D eigenvalue weighted by Crippen LogP contribution is 2.19. The van der Waals surface area contributed by atoms with Crippen LogP contribution in [0.2, 0.25) is 0 Å². The summed E-state index contributed by atoms with van der Waals surface area (Å²) in [5.74, 6) is -0.500. The number of hydrogen-bond acceptors (Lipinski definition) is 3. The fraction of sp³-hybridized carbons (Fsp3) is 0.316. The number of nitrogens with one attached hydrogen (secondary N) is 1. The molecule has 1 amide bonds. The monoisotopic (exact) mass is 376 g/mol. The Hall–Kier alpha value is -2.25. The van der Waals surface area contributed by atoms with Gasteiger partial charge < -0.3 is 4.90 Å². The molecule has 1 atom stereocenters. The second kappa shape index (κ2) is 7.97. The molecule has 7 heteroatoms. The fourth-order valence-electron chi connectivity index (χ4n) is 3.04. The number of benzene rings is 2. The summed E-state index contributed by atoms with van der Waals surface area (Å²) in [5, 5.41) is 0. The maximum Gasteiger partial charge on any atom is 0.240 e. The zero-order chi connectivity index (χ0) is 18.6. The maximum absolute atomic E-state index is 12.9. The van der Waals surface area contributed by atoms with Gasteiger partial charge in [0, 0.05) is 26.1 Å². The Morgan fingerprint density at radius 1 is 1.08 bits per heavy atom. The Morgan fingerprint density at radius 2 is 1.77 bits per heavy atom. The van der Waals surface area contributed by atoms with Crippen molar-refractivity contribution in [3.05, 3.63) is 66.0 Å². The van der Waals surface area contributed by atoms with Crippen LogP contribution in [0, 0.1) is 11.7 Å². The van der Waals surface area contributed by atoms with Gasteiger partial charge in [-0.2, -0.15) is 0 Å². The summed E-state index contributed by atoms with van der Waals surface area (Å²) in [6.45, 7) is 1.36. The number of nitrogens with zero attached hydrogens (tertiary/aromatic N) is 1. The highest BCUT2D eigenvalue weighted by atomic mass is 32.2. The molecule has 5 nitrogen and oxygen atoms in total. The van der Waals surface area contributed by atoms with Crippen molar-refractivity contribution in [1.29, 1.82) is 0 Å². The van der Waals surface area contributed by atoms with E-state index in [4.69, 9.17) is 0 Å². The quantitative estimate of drug-likeness (QED) is 0.806.